The van der Waals surface area contributed by atoms with Gasteiger partial charge in [0.2, 0.25) is 0 Å². The van der Waals surface area contributed by atoms with Gasteiger partial charge >= 0.3 is 0 Å². The van der Waals surface area contributed by atoms with Crippen molar-refractivity contribution in [3.63, 3.8) is 0 Å². The molecule has 1 aromatic carbocycles. The predicted molar refractivity (Wildman–Crippen MR) is 57.4 cm³/mol. The average Bonchev–Trinajstić information content (AvgIpc) is 2.60. The second kappa shape index (κ2) is 3.73. The number of hydrogen-bond acceptors (Lipinski definition) is 3. The number of hydrogen-bond donors (Lipinski definition) is 0. The van der Waals surface area contributed by atoms with Gasteiger partial charge in [-0.25, -0.2) is 4.68 Å². The van der Waals surface area contributed by atoms with Crippen LogP contribution in [0.15, 0.2) is 24.3 Å². The lowest BCUT2D eigenvalue weighted by Crippen LogP contribution is -1.99. The van der Waals surface area contributed by atoms with Crippen LogP contribution < -0.4 is 4.74 Å². The zero-order valence-corrected chi connectivity index (χ0v) is 9.06. The van der Waals surface area contributed by atoms with Gasteiger partial charge in [0.25, 0.3) is 0 Å². The smallest absolute Gasteiger partial charge is 0.119 e. The third kappa shape index (κ3) is 1.70. The molecule has 2 rings (SSSR count). The van der Waals surface area contributed by atoms with Gasteiger partial charge in [0.1, 0.15) is 5.75 Å². The highest BCUT2D eigenvalue weighted by molar-refractivity contribution is 5.38. The van der Waals surface area contributed by atoms with E-state index < -0.39 is 0 Å². The molecule has 1 heterocycles. The molecule has 0 saturated carbocycles. The summed E-state index contributed by atoms with van der Waals surface area (Å²) in [6, 6.07) is 7.73. The van der Waals surface area contributed by atoms with E-state index in [-0.39, 0.29) is 0 Å². The topological polar surface area (TPSA) is 39.9 Å². The Morgan fingerprint density at radius 2 is 1.80 bits per heavy atom. The van der Waals surface area contributed by atoms with Gasteiger partial charge < -0.3 is 4.74 Å². The minimum absolute atomic E-state index is 0.841. The third-order valence-electron chi connectivity index (χ3n) is 2.44. The fraction of sp³-hybridized carbons (Fsp3) is 0.273. The summed E-state index contributed by atoms with van der Waals surface area (Å²) < 4.78 is 6.91. The van der Waals surface area contributed by atoms with Crippen LogP contribution in [0.1, 0.15) is 11.4 Å². The first kappa shape index (κ1) is 9.71. The number of rotatable bonds is 2. The Bertz CT molecular complexity index is 459. The highest BCUT2D eigenvalue weighted by Crippen LogP contribution is 2.16. The van der Waals surface area contributed by atoms with Crippen molar-refractivity contribution in [2.75, 3.05) is 7.11 Å². The van der Waals surface area contributed by atoms with Crippen LogP contribution in [0.4, 0.5) is 0 Å². The van der Waals surface area contributed by atoms with E-state index in [0.717, 1.165) is 22.8 Å². The molecular formula is C11H13N3O. The van der Waals surface area contributed by atoms with Gasteiger partial charge in [0, 0.05) is 0 Å². The number of methoxy groups -OCH3 is 1. The second-order valence-corrected chi connectivity index (χ2v) is 3.37. The maximum absolute atomic E-state index is 5.10. The fourth-order valence-corrected chi connectivity index (χ4v) is 1.37. The number of benzene rings is 1. The second-order valence-electron chi connectivity index (χ2n) is 3.37. The summed E-state index contributed by atoms with van der Waals surface area (Å²) in [4.78, 5) is 0. The van der Waals surface area contributed by atoms with E-state index >= 15 is 0 Å². The van der Waals surface area contributed by atoms with Crippen LogP contribution in [0, 0.1) is 13.8 Å². The van der Waals surface area contributed by atoms with Gasteiger partial charge in [0.15, 0.2) is 0 Å². The van der Waals surface area contributed by atoms with Gasteiger partial charge in [-0.15, -0.1) is 5.10 Å². The van der Waals surface area contributed by atoms with Gasteiger partial charge in [-0.1, -0.05) is 5.21 Å². The number of aromatic nitrogens is 3. The molecule has 0 aliphatic rings. The van der Waals surface area contributed by atoms with Crippen LogP contribution in [0.2, 0.25) is 0 Å². The highest BCUT2D eigenvalue weighted by Gasteiger charge is 2.05. The van der Waals surface area contributed by atoms with Crippen molar-refractivity contribution in [2.45, 2.75) is 13.8 Å². The van der Waals surface area contributed by atoms with Crippen LogP contribution in [-0.2, 0) is 0 Å². The molecule has 0 amide bonds. The van der Waals surface area contributed by atoms with E-state index in [1.165, 1.54) is 0 Å². The summed E-state index contributed by atoms with van der Waals surface area (Å²) in [5.41, 5.74) is 3.00. The van der Waals surface area contributed by atoms with E-state index in [1.807, 2.05) is 42.8 Å². The summed E-state index contributed by atoms with van der Waals surface area (Å²) >= 11 is 0. The molecule has 0 unspecified atom stereocenters. The van der Waals surface area contributed by atoms with Crippen molar-refractivity contribution in [1.82, 2.24) is 15.0 Å². The number of ether oxygens (including phenoxy) is 1. The van der Waals surface area contributed by atoms with E-state index in [4.69, 9.17) is 4.74 Å². The molecule has 0 fully saturated rings. The van der Waals surface area contributed by atoms with Crippen molar-refractivity contribution < 1.29 is 4.74 Å². The molecule has 0 atom stereocenters. The zero-order valence-electron chi connectivity index (χ0n) is 9.06. The quantitative estimate of drug-likeness (QED) is 0.748. The van der Waals surface area contributed by atoms with Crippen LogP contribution in [0.3, 0.4) is 0 Å². The molecule has 0 spiro atoms. The summed E-state index contributed by atoms with van der Waals surface area (Å²) in [7, 11) is 1.65. The highest BCUT2D eigenvalue weighted by atomic mass is 16.5. The SMILES string of the molecule is COc1ccc(-n2nnc(C)c2C)cc1. The van der Waals surface area contributed by atoms with E-state index in [1.54, 1.807) is 7.11 Å². The molecule has 0 aliphatic heterocycles. The summed E-state index contributed by atoms with van der Waals surface area (Å²) in [5.74, 6) is 0.841. The zero-order chi connectivity index (χ0) is 10.8. The number of aryl methyl sites for hydroxylation is 1. The maximum atomic E-state index is 5.10. The Kier molecular flexibility index (Phi) is 2.41. The molecule has 15 heavy (non-hydrogen) atoms. The summed E-state index contributed by atoms with van der Waals surface area (Å²) in [5, 5.41) is 8.08. The molecule has 0 saturated heterocycles. The minimum Gasteiger partial charge on any atom is -0.497 e. The Morgan fingerprint density at radius 1 is 1.13 bits per heavy atom. The van der Waals surface area contributed by atoms with Crippen LogP contribution in [0.5, 0.6) is 5.75 Å². The van der Waals surface area contributed by atoms with Crippen molar-refractivity contribution >= 4 is 0 Å². The largest absolute Gasteiger partial charge is 0.497 e. The Balaban J connectivity index is 2.41. The van der Waals surface area contributed by atoms with E-state index in [0.29, 0.717) is 0 Å². The van der Waals surface area contributed by atoms with Crippen molar-refractivity contribution in [3.05, 3.63) is 35.7 Å². The Labute approximate surface area is 88.5 Å². The molecule has 0 aliphatic carbocycles. The van der Waals surface area contributed by atoms with Crippen LogP contribution in [-0.4, -0.2) is 22.1 Å². The molecule has 0 radical (unpaired) electrons. The molecule has 1 aromatic heterocycles. The fourth-order valence-electron chi connectivity index (χ4n) is 1.37. The number of nitrogens with zero attached hydrogens (tertiary/aromatic N) is 3. The van der Waals surface area contributed by atoms with Crippen molar-refractivity contribution in [3.8, 4) is 11.4 Å². The average molecular weight is 203 g/mol. The van der Waals surface area contributed by atoms with E-state index in [2.05, 4.69) is 10.3 Å². The van der Waals surface area contributed by atoms with Gasteiger partial charge in [-0.05, 0) is 38.1 Å². The normalized spacial score (nSPS) is 10.3. The van der Waals surface area contributed by atoms with E-state index in [9.17, 15) is 0 Å². The predicted octanol–water partition coefficient (Wildman–Crippen LogP) is 1.89. The molecule has 0 N–H and O–H groups in total. The lowest BCUT2D eigenvalue weighted by Gasteiger charge is -2.04. The summed E-state index contributed by atoms with van der Waals surface area (Å²) in [6.45, 7) is 3.95. The van der Waals surface area contributed by atoms with Crippen molar-refractivity contribution in [2.24, 2.45) is 0 Å². The first-order valence-electron chi connectivity index (χ1n) is 4.75. The molecule has 0 bridgehead atoms. The van der Waals surface area contributed by atoms with Crippen LogP contribution >= 0.6 is 0 Å². The van der Waals surface area contributed by atoms with Gasteiger partial charge in [-0.2, -0.15) is 0 Å². The molecule has 2 aromatic rings. The molecule has 78 valence electrons. The first-order valence-corrected chi connectivity index (χ1v) is 4.75. The van der Waals surface area contributed by atoms with Gasteiger partial charge in [-0.3, -0.25) is 0 Å². The summed E-state index contributed by atoms with van der Waals surface area (Å²) in [6.07, 6.45) is 0. The third-order valence-corrected chi connectivity index (χ3v) is 2.44. The Morgan fingerprint density at radius 3 is 2.27 bits per heavy atom. The molecule has 4 heteroatoms. The Hall–Kier alpha value is -1.84. The molecular weight excluding hydrogens is 190 g/mol. The first-order chi connectivity index (χ1) is 7.22. The standard InChI is InChI=1S/C11H13N3O/c1-8-9(2)14(13-12-8)10-4-6-11(15-3)7-5-10/h4-7H,1-3H3. The van der Waals surface area contributed by atoms with Crippen LogP contribution in [0.25, 0.3) is 5.69 Å². The minimum atomic E-state index is 0.841. The van der Waals surface area contributed by atoms with Gasteiger partial charge in [0.05, 0.1) is 24.2 Å². The lowest BCUT2D eigenvalue weighted by atomic mass is 10.3. The van der Waals surface area contributed by atoms with Crippen molar-refractivity contribution in [1.29, 1.82) is 0 Å². The maximum Gasteiger partial charge on any atom is 0.119 e. The molecule has 4 nitrogen and oxygen atoms in total. The monoisotopic (exact) mass is 203 g/mol. The lowest BCUT2D eigenvalue weighted by molar-refractivity contribution is 0.414.